The Morgan fingerprint density at radius 1 is 1.21 bits per heavy atom. The number of hydrogen-bond donors (Lipinski definition) is 3. The lowest BCUT2D eigenvalue weighted by atomic mass is 9.87. The first-order valence-corrected chi connectivity index (χ1v) is 10.5. The van der Waals surface area contributed by atoms with Crippen LogP contribution >= 0.6 is 0 Å². The van der Waals surface area contributed by atoms with Gasteiger partial charge in [-0.3, -0.25) is 14.4 Å². The highest BCUT2D eigenvalue weighted by atomic mass is 16.4. The number of carbonyl (C=O) groups is 3. The summed E-state index contributed by atoms with van der Waals surface area (Å²) in [6.07, 6.45) is 7.19. The van der Waals surface area contributed by atoms with Crippen LogP contribution in [0.1, 0.15) is 78.1 Å². The summed E-state index contributed by atoms with van der Waals surface area (Å²) in [7, 11) is 0. The molecule has 1 fully saturated rings. The molecule has 0 unspecified atom stereocenters. The van der Waals surface area contributed by atoms with Crippen molar-refractivity contribution in [3.8, 4) is 0 Å². The molecule has 0 aromatic rings. The molecular weight excluding hydrogens is 360 g/mol. The van der Waals surface area contributed by atoms with Crippen LogP contribution in [0.25, 0.3) is 0 Å². The zero-order valence-electron chi connectivity index (χ0n) is 17.2. The topological polar surface area (TPSA) is 112 Å². The van der Waals surface area contributed by atoms with E-state index in [0.717, 1.165) is 19.3 Å². The molecule has 0 aliphatic heterocycles. The first kappa shape index (κ1) is 24.5. The van der Waals surface area contributed by atoms with Crippen molar-refractivity contribution in [2.45, 2.75) is 90.3 Å². The Labute approximate surface area is 168 Å². The van der Waals surface area contributed by atoms with Gasteiger partial charge in [-0.2, -0.15) is 0 Å². The smallest absolute Gasteiger partial charge is 0.303 e. The molecule has 0 aromatic heterocycles. The van der Waals surface area contributed by atoms with Gasteiger partial charge in [-0.15, -0.1) is 0 Å². The molecule has 0 heterocycles. The number of carboxylic acids is 1. The highest BCUT2D eigenvalue weighted by molar-refractivity contribution is 5.90. The van der Waals surface area contributed by atoms with E-state index in [1.165, 1.54) is 0 Å². The molecule has 6 heteroatoms. The first-order valence-electron chi connectivity index (χ1n) is 10.5. The molecule has 1 rings (SSSR count). The van der Waals surface area contributed by atoms with Gasteiger partial charge in [0.05, 0.1) is 12.2 Å². The summed E-state index contributed by atoms with van der Waals surface area (Å²) in [5.41, 5.74) is 0. The van der Waals surface area contributed by atoms with Crippen LogP contribution in [0, 0.1) is 17.8 Å². The Balaban J connectivity index is 2.54. The number of aliphatic carboxylic acids is 1. The van der Waals surface area contributed by atoms with Crippen LogP contribution < -0.4 is 0 Å². The predicted octanol–water partition coefficient (Wildman–Crippen LogP) is 3.29. The molecule has 1 aliphatic rings. The molecular formula is C22H36O6. The fourth-order valence-electron chi connectivity index (χ4n) is 3.85. The van der Waals surface area contributed by atoms with E-state index in [4.69, 9.17) is 5.11 Å². The van der Waals surface area contributed by atoms with E-state index >= 15 is 0 Å². The van der Waals surface area contributed by atoms with Crippen molar-refractivity contribution in [1.82, 2.24) is 0 Å². The third-order valence-corrected chi connectivity index (χ3v) is 5.53. The van der Waals surface area contributed by atoms with Gasteiger partial charge < -0.3 is 15.3 Å². The van der Waals surface area contributed by atoms with Crippen molar-refractivity contribution >= 4 is 17.5 Å². The van der Waals surface area contributed by atoms with Crippen molar-refractivity contribution in [1.29, 1.82) is 0 Å². The number of hydrogen-bond acceptors (Lipinski definition) is 5. The predicted molar refractivity (Wildman–Crippen MR) is 107 cm³/mol. The maximum absolute atomic E-state index is 12.2. The fourth-order valence-corrected chi connectivity index (χ4v) is 3.85. The van der Waals surface area contributed by atoms with Crippen molar-refractivity contribution in [3.05, 3.63) is 12.2 Å². The molecule has 1 aliphatic carbocycles. The van der Waals surface area contributed by atoms with Gasteiger partial charge in [0.1, 0.15) is 11.6 Å². The average molecular weight is 397 g/mol. The van der Waals surface area contributed by atoms with Crippen molar-refractivity contribution in [3.63, 3.8) is 0 Å². The summed E-state index contributed by atoms with van der Waals surface area (Å²) in [6.45, 7) is 4.24. The van der Waals surface area contributed by atoms with Crippen LogP contribution in [0.2, 0.25) is 0 Å². The molecule has 6 nitrogen and oxygen atoms in total. The summed E-state index contributed by atoms with van der Waals surface area (Å²) in [5, 5.41) is 29.0. The summed E-state index contributed by atoms with van der Waals surface area (Å²) in [5.74, 6) is -1.68. The van der Waals surface area contributed by atoms with Crippen LogP contribution in [-0.2, 0) is 14.4 Å². The number of carbonyl (C=O) groups excluding carboxylic acids is 2. The number of ketones is 2. The third-order valence-electron chi connectivity index (χ3n) is 5.53. The third kappa shape index (κ3) is 9.11. The Hall–Kier alpha value is -1.53. The molecule has 0 bridgehead atoms. The molecule has 28 heavy (non-hydrogen) atoms. The fraction of sp³-hybridized carbons (Fsp3) is 0.773. The molecule has 0 spiro atoms. The summed E-state index contributed by atoms with van der Waals surface area (Å²) >= 11 is 0. The Morgan fingerprint density at radius 3 is 2.54 bits per heavy atom. The standard InChI is InChI=1S/C22H36O6/c1-3-4-7-15(2)12-17(24)10-11-18-19(21(26)14-20(18)25)13-16(23)8-5-6-9-22(27)28/h10-11,15,17-20,24-25H,3-9,12-14H2,1-2H3,(H,27,28)/t15-,17+,18+,19+,20+/m0/s1. The molecule has 3 N–H and O–H groups in total. The molecule has 5 atom stereocenters. The molecule has 0 radical (unpaired) electrons. The van der Waals surface area contributed by atoms with E-state index in [1.54, 1.807) is 12.2 Å². The highest BCUT2D eigenvalue weighted by Crippen LogP contribution is 2.33. The number of Topliss-reactive ketones (excluding diaryl/α,β-unsaturated/α-hetero) is 2. The molecule has 1 saturated carbocycles. The quantitative estimate of drug-likeness (QED) is 0.307. The van der Waals surface area contributed by atoms with Crippen molar-refractivity contribution in [2.24, 2.45) is 17.8 Å². The van der Waals surface area contributed by atoms with Gasteiger partial charge in [-0.25, -0.2) is 0 Å². The van der Waals surface area contributed by atoms with E-state index in [9.17, 15) is 24.6 Å². The van der Waals surface area contributed by atoms with Crippen LogP contribution in [0.15, 0.2) is 12.2 Å². The van der Waals surface area contributed by atoms with E-state index in [-0.39, 0.29) is 37.2 Å². The number of unbranched alkanes of at least 4 members (excludes halogenated alkanes) is 2. The number of aliphatic hydroxyl groups is 2. The van der Waals surface area contributed by atoms with E-state index in [1.807, 2.05) is 0 Å². The summed E-state index contributed by atoms with van der Waals surface area (Å²) in [6, 6.07) is 0. The second-order valence-corrected chi connectivity index (χ2v) is 8.20. The van der Waals surface area contributed by atoms with Gasteiger partial charge in [0, 0.05) is 37.5 Å². The maximum Gasteiger partial charge on any atom is 0.303 e. The summed E-state index contributed by atoms with van der Waals surface area (Å²) in [4.78, 5) is 34.9. The number of carboxylic acid groups (broad SMARTS) is 1. The second kappa shape index (κ2) is 12.8. The molecule has 0 amide bonds. The average Bonchev–Trinajstić information content (AvgIpc) is 2.88. The van der Waals surface area contributed by atoms with E-state index < -0.39 is 30.0 Å². The van der Waals surface area contributed by atoms with Gasteiger partial charge in [0.15, 0.2) is 0 Å². The van der Waals surface area contributed by atoms with Crippen LogP contribution in [-0.4, -0.2) is 45.1 Å². The van der Waals surface area contributed by atoms with Gasteiger partial charge in [0.25, 0.3) is 0 Å². The minimum atomic E-state index is -0.880. The Bertz CT molecular complexity index is 541. The lowest BCUT2D eigenvalue weighted by Crippen LogP contribution is -2.22. The zero-order valence-corrected chi connectivity index (χ0v) is 17.2. The monoisotopic (exact) mass is 396 g/mol. The van der Waals surface area contributed by atoms with Crippen LogP contribution in [0.5, 0.6) is 0 Å². The van der Waals surface area contributed by atoms with Gasteiger partial charge >= 0.3 is 5.97 Å². The SMILES string of the molecule is CCCC[C@H](C)C[C@H](O)C=C[C@H]1[C@H](O)CC(=O)[C@@H]1CC(=O)CCCCC(=O)O. The second-order valence-electron chi connectivity index (χ2n) is 8.20. The minimum absolute atomic E-state index is 0.0360. The lowest BCUT2D eigenvalue weighted by Gasteiger charge is -2.18. The van der Waals surface area contributed by atoms with Crippen LogP contribution in [0.3, 0.4) is 0 Å². The van der Waals surface area contributed by atoms with Crippen LogP contribution in [0.4, 0.5) is 0 Å². The largest absolute Gasteiger partial charge is 0.481 e. The Kier molecular flexibility index (Phi) is 11.2. The van der Waals surface area contributed by atoms with Crippen molar-refractivity contribution < 1.29 is 29.7 Å². The highest BCUT2D eigenvalue weighted by Gasteiger charge is 2.40. The van der Waals surface area contributed by atoms with E-state index in [2.05, 4.69) is 13.8 Å². The zero-order chi connectivity index (χ0) is 21.1. The maximum atomic E-state index is 12.2. The van der Waals surface area contributed by atoms with Crippen molar-refractivity contribution in [2.75, 3.05) is 0 Å². The van der Waals surface area contributed by atoms with Gasteiger partial charge in [-0.1, -0.05) is 45.3 Å². The molecule has 0 aromatic carbocycles. The lowest BCUT2D eigenvalue weighted by molar-refractivity contribution is -0.137. The van der Waals surface area contributed by atoms with Gasteiger partial charge in [0.2, 0.25) is 0 Å². The van der Waals surface area contributed by atoms with Gasteiger partial charge in [-0.05, 0) is 25.2 Å². The molecule has 0 saturated heterocycles. The van der Waals surface area contributed by atoms with E-state index in [0.29, 0.717) is 25.2 Å². The number of rotatable bonds is 14. The minimum Gasteiger partial charge on any atom is -0.481 e. The normalized spacial score (nSPS) is 24.6. The number of aliphatic hydroxyl groups excluding tert-OH is 2. The Morgan fingerprint density at radius 2 is 1.89 bits per heavy atom. The molecule has 160 valence electrons. The summed E-state index contributed by atoms with van der Waals surface area (Å²) < 4.78 is 0. The first-order chi connectivity index (χ1) is 13.2.